The second-order valence-corrected chi connectivity index (χ2v) is 5.69. The Morgan fingerprint density at radius 3 is 2.76 bits per heavy atom. The van der Waals surface area contributed by atoms with Gasteiger partial charge in [0.1, 0.15) is 0 Å². The molecule has 0 saturated carbocycles. The zero-order chi connectivity index (χ0) is 12.1. The molecule has 94 valence electrons. The van der Waals surface area contributed by atoms with Gasteiger partial charge in [-0.3, -0.25) is 0 Å². The van der Waals surface area contributed by atoms with Crippen molar-refractivity contribution in [2.24, 2.45) is 0 Å². The molecule has 1 heterocycles. The fraction of sp³-hybridized carbons (Fsp3) is 0.600. The second-order valence-electron chi connectivity index (χ2n) is 5.69. The molecule has 1 unspecified atom stereocenters. The van der Waals surface area contributed by atoms with Gasteiger partial charge in [0.15, 0.2) is 0 Å². The Labute approximate surface area is 105 Å². The van der Waals surface area contributed by atoms with E-state index in [0.29, 0.717) is 11.6 Å². The highest BCUT2D eigenvalue weighted by Gasteiger charge is 2.26. The number of hydrogen-bond donors (Lipinski definition) is 2. The lowest BCUT2D eigenvalue weighted by atomic mass is 9.89. The van der Waals surface area contributed by atoms with Crippen LogP contribution in [0.25, 0.3) is 0 Å². The molecule has 2 heteroatoms. The first kappa shape index (κ1) is 12.6. The molecule has 1 aromatic rings. The molecule has 0 radical (unpaired) electrons. The Morgan fingerprint density at radius 1 is 1.29 bits per heavy atom. The van der Waals surface area contributed by atoms with E-state index in [2.05, 4.69) is 54.8 Å². The minimum atomic E-state index is 0.294. The fourth-order valence-corrected chi connectivity index (χ4v) is 2.61. The van der Waals surface area contributed by atoms with E-state index in [1.165, 1.54) is 18.4 Å². The molecule has 1 atom stereocenters. The lowest BCUT2D eigenvalue weighted by Crippen LogP contribution is -2.52. The van der Waals surface area contributed by atoms with Crippen LogP contribution in [0, 0.1) is 0 Å². The highest BCUT2D eigenvalue weighted by atomic mass is 15.0. The maximum atomic E-state index is 3.69. The van der Waals surface area contributed by atoms with Gasteiger partial charge in [0.25, 0.3) is 0 Å². The van der Waals surface area contributed by atoms with Crippen LogP contribution in [0.5, 0.6) is 0 Å². The van der Waals surface area contributed by atoms with Gasteiger partial charge in [-0.1, -0.05) is 30.3 Å². The minimum Gasteiger partial charge on any atom is -0.314 e. The Kier molecular flexibility index (Phi) is 4.19. The molecule has 2 N–H and O–H groups in total. The average molecular weight is 232 g/mol. The summed E-state index contributed by atoms with van der Waals surface area (Å²) in [6.07, 6.45) is 3.60. The zero-order valence-corrected chi connectivity index (χ0v) is 11.0. The smallest absolute Gasteiger partial charge is 0.0139 e. The molecule has 1 fully saturated rings. The van der Waals surface area contributed by atoms with Crippen molar-refractivity contribution >= 4 is 0 Å². The molecule has 0 amide bonds. The second kappa shape index (κ2) is 5.65. The molecular formula is C15H24N2. The topological polar surface area (TPSA) is 24.1 Å². The van der Waals surface area contributed by atoms with Crippen molar-refractivity contribution in [3.05, 3.63) is 35.9 Å². The van der Waals surface area contributed by atoms with Crippen molar-refractivity contribution in [1.82, 2.24) is 10.6 Å². The van der Waals surface area contributed by atoms with Crippen LogP contribution in [0.2, 0.25) is 0 Å². The minimum absolute atomic E-state index is 0.294. The van der Waals surface area contributed by atoms with E-state index in [0.717, 1.165) is 19.5 Å². The Morgan fingerprint density at radius 2 is 2.06 bits per heavy atom. The van der Waals surface area contributed by atoms with Crippen LogP contribution < -0.4 is 10.6 Å². The predicted octanol–water partition coefficient (Wildman–Crippen LogP) is 2.35. The van der Waals surface area contributed by atoms with Crippen molar-refractivity contribution < 1.29 is 0 Å². The quantitative estimate of drug-likeness (QED) is 0.832. The molecule has 1 aliphatic rings. The maximum Gasteiger partial charge on any atom is 0.0139 e. The number of piperidine rings is 1. The summed E-state index contributed by atoms with van der Waals surface area (Å²) in [7, 11) is 0. The van der Waals surface area contributed by atoms with Gasteiger partial charge < -0.3 is 10.6 Å². The average Bonchev–Trinajstić information content (AvgIpc) is 2.29. The third kappa shape index (κ3) is 4.14. The summed E-state index contributed by atoms with van der Waals surface area (Å²) in [5.74, 6) is 0. The van der Waals surface area contributed by atoms with E-state index >= 15 is 0 Å². The number of rotatable bonds is 4. The number of hydrogen-bond acceptors (Lipinski definition) is 2. The molecule has 0 aliphatic carbocycles. The van der Waals surface area contributed by atoms with Crippen LogP contribution in [0.1, 0.15) is 32.3 Å². The van der Waals surface area contributed by atoms with Crippen LogP contribution in [0.3, 0.4) is 0 Å². The SMILES string of the molecule is CC1(C)CC(NCCc2ccccc2)CCN1. The van der Waals surface area contributed by atoms with E-state index in [4.69, 9.17) is 0 Å². The van der Waals surface area contributed by atoms with Gasteiger partial charge >= 0.3 is 0 Å². The van der Waals surface area contributed by atoms with Crippen molar-refractivity contribution in [2.75, 3.05) is 13.1 Å². The number of benzene rings is 1. The van der Waals surface area contributed by atoms with Crippen LogP contribution in [0.4, 0.5) is 0 Å². The van der Waals surface area contributed by atoms with E-state index in [1.54, 1.807) is 0 Å². The Hall–Kier alpha value is -0.860. The molecule has 17 heavy (non-hydrogen) atoms. The third-order valence-electron chi connectivity index (χ3n) is 3.54. The highest BCUT2D eigenvalue weighted by molar-refractivity contribution is 5.14. The van der Waals surface area contributed by atoms with Gasteiger partial charge in [0, 0.05) is 11.6 Å². The predicted molar refractivity (Wildman–Crippen MR) is 73.3 cm³/mol. The van der Waals surface area contributed by atoms with Crippen molar-refractivity contribution in [3.8, 4) is 0 Å². The van der Waals surface area contributed by atoms with Crippen LogP contribution >= 0.6 is 0 Å². The first-order chi connectivity index (χ1) is 8.16. The number of nitrogens with one attached hydrogen (secondary N) is 2. The summed E-state index contributed by atoms with van der Waals surface area (Å²) in [4.78, 5) is 0. The Balaban J connectivity index is 1.72. The standard InChI is InChI=1S/C15H24N2/c1-15(2)12-14(9-11-17-15)16-10-8-13-6-4-3-5-7-13/h3-7,14,16-17H,8-12H2,1-2H3. The lowest BCUT2D eigenvalue weighted by Gasteiger charge is -2.37. The summed E-state index contributed by atoms with van der Waals surface area (Å²) >= 11 is 0. The van der Waals surface area contributed by atoms with E-state index in [9.17, 15) is 0 Å². The van der Waals surface area contributed by atoms with Crippen LogP contribution in [-0.4, -0.2) is 24.7 Å². The molecule has 1 aliphatic heterocycles. The van der Waals surface area contributed by atoms with Gasteiger partial charge in [-0.15, -0.1) is 0 Å². The van der Waals surface area contributed by atoms with Gasteiger partial charge in [-0.2, -0.15) is 0 Å². The summed E-state index contributed by atoms with van der Waals surface area (Å²) in [6.45, 7) is 6.80. The largest absolute Gasteiger partial charge is 0.314 e. The summed E-state index contributed by atoms with van der Waals surface area (Å²) in [6, 6.07) is 11.4. The fourth-order valence-electron chi connectivity index (χ4n) is 2.61. The molecule has 2 rings (SSSR count). The molecule has 2 nitrogen and oxygen atoms in total. The molecule has 0 bridgehead atoms. The van der Waals surface area contributed by atoms with E-state index < -0.39 is 0 Å². The van der Waals surface area contributed by atoms with Crippen molar-refractivity contribution in [3.63, 3.8) is 0 Å². The van der Waals surface area contributed by atoms with Crippen molar-refractivity contribution in [2.45, 2.75) is 44.7 Å². The van der Waals surface area contributed by atoms with Crippen LogP contribution in [-0.2, 0) is 6.42 Å². The first-order valence-corrected chi connectivity index (χ1v) is 6.68. The van der Waals surface area contributed by atoms with Gasteiger partial charge in [0.2, 0.25) is 0 Å². The maximum absolute atomic E-state index is 3.69. The van der Waals surface area contributed by atoms with Crippen molar-refractivity contribution in [1.29, 1.82) is 0 Å². The first-order valence-electron chi connectivity index (χ1n) is 6.68. The third-order valence-corrected chi connectivity index (χ3v) is 3.54. The lowest BCUT2D eigenvalue weighted by molar-refractivity contribution is 0.249. The molecule has 1 aromatic carbocycles. The monoisotopic (exact) mass is 232 g/mol. The molecular weight excluding hydrogens is 208 g/mol. The molecule has 1 saturated heterocycles. The summed E-state index contributed by atoms with van der Waals surface area (Å²) in [5, 5.41) is 7.24. The van der Waals surface area contributed by atoms with Gasteiger partial charge in [0.05, 0.1) is 0 Å². The van der Waals surface area contributed by atoms with Crippen LogP contribution in [0.15, 0.2) is 30.3 Å². The zero-order valence-electron chi connectivity index (χ0n) is 11.0. The van der Waals surface area contributed by atoms with E-state index in [-0.39, 0.29) is 0 Å². The van der Waals surface area contributed by atoms with Gasteiger partial charge in [-0.05, 0) is 51.8 Å². The Bertz CT molecular complexity index is 332. The van der Waals surface area contributed by atoms with E-state index in [1.807, 2.05) is 0 Å². The normalized spacial score (nSPS) is 23.5. The van der Waals surface area contributed by atoms with Gasteiger partial charge in [-0.25, -0.2) is 0 Å². The molecule has 0 spiro atoms. The summed E-state index contributed by atoms with van der Waals surface area (Å²) in [5.41, 5.74) is 1.72. The highest BCUT2D eigenvalue weighted by Crippen LogP contribution is 2.18. The summed E-state index contributed by atoms with van der Waals surface area (Å²) < 4.78 is 0. The molecule has 0 aromatic heterocycles.